The summed E-state index contributed by atoms with van der Waals surface area (Å²) in [5.41, 5.74) is 0.116. The van der Waals surface area contributed by atoms with Crippen LogP contribution in [0.2, 0.25) is 0 Å². The number of hydrogen-bond acceptors (Lipinski definition) is 3. The van der Waals surface area contributed by atoms with Crippen LogP contribution in [-0.2, 0) is 4.79 Å². The first-order valence-corrected chi connectivity index (χ1v) is 6.98. The van der Waals surface area contributed by atoms with Crippen molar-refractivity contribution in [3.63, 3.8) is 0 Å². The van der Waals surface area contributed by atoms with Gasteiger partial charge in [-0.15, -0.1) is 0 Å². The monoisotopic (exact) mass is 319 g/mol. The standard InChI is InChI=1S/C16H18FN3O3/c1-10-13(14(21)19(4)16(2,3)15(22)23)9-18-20(10)12-7-5-11(17)6-8-12/h5-9H,1-4H3,(H,22,23). The molecule has 1 aromatic heterocycles. The molecule has 1 N–H and O–H groups in total. The van der Waals surface area contributed by atoms with E-state index in [4.69, 9.17) is 0 Å². The highest BCUT2D eigenvalue weighted by Gasteiger charge is 2.36. The van der Waals surface area contributed by atoms with Gasteiger partial charge in [0.05, 0.1) is 23.1 Å². The van der Waals surface area contributed by atoms with Gasteiger partial charge in [0.15, 0.2) is 0 Å². The Labute approximate surface area is 133 Å². The summed E-state index contributed by atoms with van der Waals surface area (Å²) in [6.45, 7) is 4.60. The maximum Gasteiger partial charge on any atom is 0.329 e. The third kappa shape index (κ3) is 2.94. The van der Waals surface area contributed by atoms with E-state index in [0.717, 1.165) is 4.90 Å². The van der Waals surface area contributed by atoms with Gasteiger partial charge in [0.2, 0.25) is 0 Å². The third-order valence-corrected chi connectivity index (χ3v) is 3.98. The molecule has 1 aromatic carbocycles. The molecule has 2 rings (SSSR count). The van der Waals surface area contributed by atoms with Crippen LogP contribution in [0.15, 0.2) is 30.5 Å². The van der Waals surface area contributed by atoms with Crippen molar-refractivity contribution in [1.29, 1.82) is 0 Å². The van der Waals surface area contributed by atoms with Crippen molar-refractivity contribution < 1.29 is 19.1 Å². The Balaban J connectivity index is 2.37. The molecule has 0 atom stereocenters. The predicted octanol–water partition coefficient (Wildman–Crippen LogP) is 2.26. The molecule has 1 amide bonds. The van der Waals surface area contributed by atoms with Gasteiger partial charge in [-0.05, 0) is 45.0 Å². The molecule has 0 spiro atoms. The van der Waals surface area contributed by atoms with Crippen LogP contribution in [0.25, 0.3) is 5.69 Å². The number of carboxylic acid groups (broad SMARTS) is 1. The lowest BCUT2D eigenvalue weighted by molar-refractivity contribution is -0.147. The van der Waals surface area contributed by atoms with Crippen LogP contribution < -0.4 is 0 Å². The lowest BCUT2D eigenvalue weighted by Gasteiger charge is -2.31. The van der Waals surface area contributed by atoms with Crippen LogP contribution in [0.1, 0.15) is 29.9 Å². The Kier molecular flexibility index (Phi) is 4.22. The number of aromatic nitrogens is 2. The van der Waals surface area contributed by atoms with E-state index in [2.05, 4.69) is 5.10 Å². The van der Waals surface area contributed by atoms with E-state index < -0.39 is 17.4 Å². The van der Waals surface area contributed by atoms with Crippen molar-refractivity contribution in [3.8, 4) is 5.69 Å². The molecule has 0 unspecified atom stereocenters. The number of carboxylic acids is 1. The van der Waals surface area contributed by atoms with Crippen LogP contribution >= 0.6 is 0 Å². The van der Waals surface area contributed by atoms with E-state index in [0.29, 0.717) is 16.9 Å². The van der Waals surface area contributed by atoms with E-state index >= 15 is 0 Å². The van der Waals surface area contributed by atoms with E-state index in [1.54, 1.807) is 19.1 Å². The number of rotatable bonds is 4. The van der Waals surface area contributed by atoms with Crippen LogP contribution in [0.3, 0.4) is 0 Å². The molecular formula is C16H18FN3O3. The van der Waals surface area contributed by atoms with Crippen molar-refractivity contribution in [3.05, 3.63) is 47.5 Å². The molecular weight excluding hydrogens is 301 g/mol. The maximum atomic E-state index is 13.0. The zero-order chi connectivity index (χ0) is 17.4. The van der Waals surface area contributed by atoms with Crippen molar-refractivity contribution in [2.75, 3.05) is 7.05 Å². The van der Waals surface area contributed by atoms with E-state index in [9.17, 15) is 19.1 Å². The van der Waals surface area contributed by atoms with Crippen molar-refractivity contribution in [2.45, 2.75) is 26.3 Å². The molecule has 122 valence electrons. The minimum absolute atomic E-state index is 0.297. The fraction of sp³-hybridized carbons (Fsp3) is 0.312. The van der Waals surface area contributed by atoms with Gasteiger partial charge in [0.25, 0.3) is 5.91 Å². The lowest BCUT2D eigenvalue weighted by atomic mass is 10.0. The van der Waals surface area contributed by atoms with Gasteiger partial charge in [-0.1, -0.05) is 0 Å². The molecule has 0 bridgehead atoms. The van der Waals surface area contributed by atoms with Gasteiger partial charge >= 0.3 is 5.97 Å². The Morgan fingerprint density at radius 3 is 2.35 bits per heavy atom. The Hall–Kier alpha value is -2.70. The highest BCUT2D eigenvalue weighted by Crippen LogP contribution is 2.20. The fourth-order valence-electron chi connectivity index (χ4n) is 2.04. The fourth-order valence-corrected chi connectivity index (χ4v) is 2.04. The van der Waals surface area contributed by atoms with Crippen LogP contribution in [-0.4, -0.2) is 44.3 Å². The highest BCUT2D eigenvalue weighted by molar-refractivity contribution is 5.98. The number of amides is 1. The Morgan fingerprint density at radius 1 is 1.26 bits per heavy atom. The first kappa shape index (κ1) is 16.7. The number of nitrogens with zero attached hydrogens (tertiary/aromatic N) is 3. The van der Waals surface area contributed by atoms with E-state index in [1.807, 2.05) is 0 Å². The summed E-state index contributed by atoms with van der Waals surface area (Å²) in [6.07, 6.45) is 1.38. The van der Waals surface area contributed by atoms with Crippen molar-refractivity contribution >= 4 is 11.9 Å². The summed E-state index contributed by atoms with van der Waals surface area (Å²) < 4.78 is 14.5. The molecule has 0 saturated carbocycles. The van der Waals surface area contributed by atoms with Gasteiger partial charge in [0.1, 0.15) is 11.4 Å². The largest absolute Gasteiger partial charge is 0.480 e. The second-order valence-corrected chi connectivity index (χ2v) is 5.76. The van der Waals surface area contributed by atoms with Crippen LogP contribution in [0, 0.1) is 12.7 Å². The van der Waals surface area contributed by atoms with Gasteiger partial charge in [0, 0.05) is 7.05 Å². The lowest BCUT2D eigenvalue weighted by Crippen LogP contribution is -2.50. The summed E-state index contributed by atoms with van der Waals surface area (Å²) in [5, 5.41) is 13.4. The average molecular weight is 319 g/mol. The quantitative estimate of drug-likeness (QED) is 0.938. The molecule has 0 fully saturated rings. The molecule has 0 aliphatic carbocycles. The van der Waals surface area contributed by atoms with Crippen molar-refractivity contribution in [1.82, 2.24) is 14.7 Å². The molecule has 2 aromatic rings. The van der Waals surface area contributed by atoms with Crippen LogP contribution in [0.4, 0.5) is 4.39 Å². The minimum Gasteiger partial charge on any atom is -0.480 e. The highest BCUT2D eigenvalue weighted by atomic mass is 19.1. The second-order valence-electron chi connectivity index (χ2n) is 5.76. The molecule has 23 heavy (non-hydrogen) atoms. The van der Waals surface area contributed by atoms with Gasteiger partial charge in [-0.25, -0.2) is 13.9 Å². The van der Waals surface area contributed by atoms with Gasteiger partial charge in [-0.2, -0.15) is 5.10 Å². The third-order valence-electron chi connectivity index (χ3n) is 3.98. The first-order chi connectivity index (χ1) is 10.7. The smallest absolute Gasteiger partial charge is 0.329 e. The molecule has 0 radical (unpaired) electrons. The second kappa shape index (κ2) is 5.83. The summed E-state index contributed by atoms with van der Waals surface area (Å²) in [4.78, 5) is 25.0. The topological polar surface area (TPSA) is 75.4 Å². The van der Waals surface area contributed by atoms with E-state index in [-0.39, 0.29) is 5.82 Å². The predicted molar refractivity (Wildman–Crippen MR) is 82.1 cm³/mol. The van der Waals surface area contributed by atoms with Gasteiger partial charge in [-0.3, -0.25) is 4.79 Å². The molecule has 0 aliphatic heterocycles. The normalized spacial score (nSPS) is 11.3. The summed E-state index contributed by atoms with van der Waals surface area (Å²) >= 11 is 0. The molecule has 6 nitrogen and oxygen atoms in total. The number of carbonyl (C=O) groups excluding carboxylic acids is 1. The zero-order valence-electron chi connectivity index (χ0n) is 13.4. The molecule has 1 heterocycles. The first-order valence-electron chi connectivity index (χ1n) is 6.98. The number of carbonyl (C=O) groups is 2. The summed E-state index contributed by atoms with van der Waals surface area (Å²) in [5.74, 6) is -1.90. The number of hydrogen-bond donors (Lipinski definition) is 1. The molecule has 0 aliphatic rings. The minimum atomic E-state index is -1.35. The molecule has 0 saturated heterocycles. The number of likely N-dealkylation sites (N-methyl/N-ethyl adjacent to an activating group) is 1. The molecule has 7 heteroatoms. The average Bonchev–Trinajstić information content (AvgIpc) is 2.88. The van der Waals surface area contributed by atoms with Gasteiger partial charge < -0.3 is 10.0 Å². The van der Waals surface area contributed by atoms with E-state index in [1.165, 1.54) is 43.9 Å². The SMILES string of the molecule is Cc1c(C(=O)N(C)C(C)(C)C(=O)O)cnn1-c1ccc(F)cc1. The number of halogens is 1. The summed E-state index contributed by atoms with van der Waals surface area (Å²) in [6, 6.07) is 5.71. The number of benzene rings is 1. The Morgan fingerprint density at radius 2 is 1.83 bits per heavy atom. The Bertz CT molecular complexity index is 750. The maximum absolute atomic E-state index is 13.0. The number of aliphatic carboxylic acids is 1. The van der Waals surface area contributed by atoms with Crippen molar-refractivity contribution in [2.24, 2.45) is 0 Å². The zero-order valence-corrected chi connectivity index (χ0v) is 13.4. The van der Waals surface area contributed by atoms with Crippen LogP contribution in [0.5, 0.6) is 0 Å². The summed E-state index contributed by atoms with van der Waals surface area (Å²) in [7, 11) is 1.44.